The number of β-amino-alcohol motifs (C(OH)–C–C–N with tert-alkyl or cyclic N) is 1. The predicted molar refractivity (Wildman–Crippen MR) is 368 cm³/mol. The molecule has 0 aliphatic carbocycles. The molecule has 22 nitrogen and oxygen atoms in total. The van der Waals surface area contributed by atoms with Gasteiger partial charge in [0, 0.05) is 128 Å². The van der Waals surface area contributed by atoms with Crippen LogP contribution in [0.15, 0.2) is 78.6 Å². The van der Waals surface area contributed by atoms with E-state index < -0.39 is 58.5 Å². The van der Waals surface area contributed by atoms with Gasteiger partial charge in [0.25, 0.3) is 0 Å². The van der Waals surface area contributed by atoms with Crippen molar-refractivity contribution in [1.29, 1.82) is 0 Å². The fourth-order valence-corrected chi connectivity index (χ4v) is 14.4. The van der Waals surface area contributed by atoms with Crippen LogP contribution >= 0.6 is 11.3 Å². The zero-order chi connectivity index (χ0) is 68.3. The Hall–Kier alpha value is -7.71. The molecule has 5 saturated heterocycles. The van der Waals surface area contributed by atoms with E-state index in [4.69, 9.17) is 0 Å². The zero-order valence-electron chi connectivity index (χ0n) is 56.8. The van der Waals surface area contributed by atoms with Gasteiger partial charge in [0.2, 0.25) is 35.4 Å². The highest BCUT2D eigenvalue weighted by Gasteiger charge is 2.46. The summed E-state index contributed by atoms with van der Waals surface area (Å²) in [4.78, 5) is 107. The largest absolute Gasteiger partial charge is 0.391 e. The highest BCUT2D eigenvalue weighted by Crippen LogP contribution is 2.36. The number of benzene rings is 3. The summed E-state index contributed by atoms with van der Waals surface area (Å²) in [6, 6.07) is 18.1. The van der Waals surface area contributed by atoms with Crippen molar-refractivity contribution in [3.8, 4) is 10.4 Å². The van der Waals surface area contributed by atoms with Crippen molar-refractivity contribution in [3.05, 3.63) is 118 Å². The second kappa shape index (κ2) is 31.7. The minimum Gasteiger partial charge on any atom is -0.391 e. The first-order chi connectivity index (χ1) is 45.8. The minimum atomic E-state index is -1.01. The number of thiazole rings is 1. The number of piperidine rings is 2. The molecule has 25 heteroatoms. The Morgan fingerprint density at radius 3 is 2.15 bits per heavy atom. The van der Waals surface area contributed by atoms with Crippen molar-refractivity contribution in [3.63, 3.8) is 0 Å². The Kier molecular flexibility index (Phi) is 23.4. The second-order valence-electron chi connectivity index (χ2n) is 28.7. The number of nitrogens with one attached hydrogen (secondary N) is 6. The molecule has 4 atom stereocenters. The van der Waals surface area contributed by atoms with Crippen molar-refractivity contribution in [2.75, 3.05) is 107 Å². The molecule has 2 aromatic heterocycles. The number of likely N-dealkylation sites (tertiary alicyclic amines) is 2. The Morgan fingerprint density at radius 1 is 0.760 bits per heavy atom. The molecule has 6 amide bonds. The number of carbonyl (C=O) groups is 6. The van der Waals surface area contributed by atoms with Gasteiger partial charge in [-0.3, -0.25) is 33.7 Å². The van der Waals surface area contributed by atoms with Gasteiger partial charge in [0.1, 0.15) is 41.7 Å². The average Bonchev–Trinajstić information content (AvgIpc) is 1.10. The van der Waals surface area contributed by atoms with Crippen LogP contribution in [0.2, 0.25) is 0 Å². The molecule has 5 aliphatic rings. The molecule has 5 aromatic rings. The van der Waals surface area contributed by atoms with Crippen LogP contribution in [0.1, 0.15) is 133 Å². The SMILES string of the molecule is Cc1ncsc1-c1ccc([C@H](C)NC(=O)[C@@H]2C[C@@H](O)CN2C(=O)[C@@H](NC(=O)CCC(=O)NCCCN2CCN(CCC(=O)NCc3cccc(CNc4cc(N5CCC6(CC5)CN(c5cc(F)c(CN7CCC(C)(C)CC7)cc5F)CC(=O)N6)ncn4)c3)CC2)C(C)(C)C)cc1. The van der Waals surface area contributed by atoms with E-state index in [2.05, 4.69) is 86.4 Å². The van der Waals surface area contributed by atoms with Crippen molar-refractivity contribution in [2.24, 2.45) is 10.8 Å². The van der Waals surface area contributed by atoms with Crippen LogP contribution in [0.25, 0.3) is 10.4 Å². The molecule has 1 spiro atoms. The van der Waals surface area contributed by atoms with Gasteiger partial charge in [-0.25, -0.2) is 23.7 Å². The summed E-state index contributed by atoms with van der Waals surface area (Å²) in [6.45, 7) is 23.4. The first-order valence-corrected chi connectivity index (χ1v) is 34.9. The maximum atomic E-state index is 15.8. The third-order valence-corrected chi connectivity index (χ3v) is 20.7. The number of piperazine rings is 2. The van der Waals surface area contributed by atoms with Gasteiger partial charge in [-0.05, 0) is 105 Å². The number of aliphatic hydroxyl groups is 1. The fourth-order valence-electron chi connectivity index (χ4n) is 13.6. The van der Waals surface area contributed by atoms with E-state index in [9.17, 15) is 33.9 Å². The lowest BCUT2D eigenvalue weighted by Crippen LogP contribution is -2.66. The number of halogens is 2. The topological polar surface area (TPSA) is 253 Å². The summed E-state index contributed by atoms with van der Waals surface area (Å²) in [5.74, 6) is -1.40. The summed E-state index contributed by atoms with van der Waals surface area (Å²) in [5.41, 5.74) is 6.04. The zero-order valence-corrected chi connectivity index (χ0v) is 57.6. The lowest BCUT2D eigenvalue weighted by Gasteiger charge is -2.48. The Morgan fingerprint density at radius 2 is 1.45 bits per heavy atom. The summed E-state index contributed by atoms with van der Waals surface area (Å²) >= 11 is 1.57. The van der Waals surface area contributed by atoms with Gasteiger partial charge in [-0.15, -0.1) is 11.3 Å². The average molecular weight is 1340 g/mol. The van der Waals surface area contributed by atoms with Crippen LogP contribution in [0.4, 0.5) is 26.1 Å². The predicted octanol–water partition coefficient (Wildman–Crippen LogP) is 6.68. The molecule has 0 saturated carbocycles. The van der Waals surface area contributed by atoms with Crippen molar-refractivity contribution in [2.45, 2.75) is 156 Å². The van der Waals surface area contributed by atoms with Crippen LogP contribution in [-0.2, 0) is 48.4 Å². The molecular formula is C71H97F2N15O7S. The van der Waals surface area contributed by atoms with Crippen molar-refractivity contribution >= 4 is 64.1 Å². The number of aliphatic hydroxyl groups excluding tert-OH is 1. The first-order valence-electron chi connectivity index (χ1n) is 34.1. The molecule has 0 bridgehead atoms. The molecule has 7 N–H and O–H groups in total. The van der Waals surface area contributed by atoms with Crippen LogP contribution < -0.4 is 41.7 Å². The number of amides is 6. The first kappa shape index (κ1) is 71.1. The summed E-state index contributed by atoms with van der Waals surface area (Å²) < 4.78 is 31.4. The van der Waals surface area contributed by atoms with Gasteiger partial charge in [-0.1, -0.05) is 83.1 Å². The number of rotatable bonds is 25. The van der Waals surface area contributed by atoms with Gasteiger partial charge in [0.05, 0.1) is 46.0 Å². The normalized spacial score (nSPS) is 19.9. The fraction of sp³-hybridized carbons (Fsp3) is 0.563. The molecule has 5 aliphatic heterocycles. The molecule has 518 valence electrons. The van der Waals surface area contributed by atoms with Crippen LogP contribution in [0, 0.1) is 29.4 Å². The lowest BCUT2D eigenvalue weighted by atomic mass is 9.82. The molecule has 7 heterocycles. The Bertz CT molecular complexity index is 3520. The number of aromatic nitrogens is 3. The van der Waals surface area contributed by atoms with Crippen LogP contribution in [0.5, 0.6) is 0 Å². The van der Waals surface area contributed by atoms with Gasteiger partial charge in [0.15, 0.2) is 0 Å². The van der Waals surface area contributed by atoms with Crippen LogP contribution in [0.3, 0.4) is 0 Å². The van der Waals surface area contributed by atoms with Crippen molar-refractivity contribution < 1.29 is 42.7 Å². The maximum Gasteiger partial charge on any atom is 0.246 e. The maximum absolute atomic E-state index is 15.8. The van der Waals surface area contributed by atoms with E-state index in [-0.39, 0.29) is 67.2 Å². The van der Waals surface area contributed by atoms with Crippen LogP contribution in [-0.4, -0.2) is 190 Å². The number of anilines is 3. The highest BCUT2D eigenvalue weighted by atomic mass is 32.1. The monoisotopic (exact) mass is 1340 g/mol. The molecular weight excluding hydrogens is 1240 g/mol. The minimum absolute atomic E-state index is 0.0244. The van der Waals surface area contributed by atoms with E-state index in [0.29, 0.717) is 83.0 Å². The summed E-state index contributed by atoms with van der Waals surface area (Å²) in [6.07, 6.45) is 4.83. The van der Waals surface area contributed by atoms with Gasteiger partial charge < -0.3 is 61.5 Å². The number of hydrogen-bond donors (Lipinski definition) is 7. The molecule has 5 fully saturated rings. The van der Waals surface area contributed by atoms with E-state index in [1.165, 1.54) is 23.4 Å². The molecule has 0 unspecified atom stereocenters. The molecule has 0 radical (unpaired) electrons. The quantitative estimate of drug-likeness (QED) is 0.0301. The molecule has 10 rings (SSSR count). The van der Waals surface area contributed by atoms with E-state index >= 15 is 8.78 Å². The Balaban J connectivity index is 0.580. The van der Waals surface area contributed by atoms with Crippen molar-refractivity contribution in [1.82, 2.24) is 61.1 Å². The molecule has 3 aromatic carbocycles. The highest BCUT2D eigenvalue weighted by molar-refractivity contribution is 7.13. The standard InChI is InChI=1S/C71H97F2N15O7S/c1-47(51-12-14-52(15-13-51)65-48(2)79-46-96-65)80-67(94)58-36-54(89)42-88(58)68(95)66(69(3,4)5)81-63(92)17-16-61(90)74-23-9-24-83-30-32-84(33-31-83)25-18-62(91)76-40-50-11-8-10-49(34-50)39-75-59-38-60(78-45-77-59)86-28-21-71(22-29-86)44-87(43-64(93)82-71)57-37-55(72)53(35-56(57)73)41-85-26-19-70(6,7)20-27-85/h8,10-15,34-35,37-38,45-47,54,58,66,89H,9,16-33,36,39-44H2,1-7H3,(H,74,90)(H,76,91)(H,80,94)(H,81,92)(H,82,93)(H,75,77,78)/t47-,54+,58-,66+/m0/s1. The Labute approximate surface area is 567 Å². The molecule has 96 heavy (non-hydrogen) atoms. The van der Waals surface area contributed by atoms with Gasteiger partial charge in [-0.2, -0.15) is 0 Å². The van der Waals surface area contributed by atoms with E-state index in [1.54, 1.807) is 16.2 Å². The lowest BCUT2D eigenvalue weighted by molar-refractivity contribution is -0.144. The third-order valence-electron chi connectivity index (χ3n) is 19.7. The summed E-state index contributed by atoms with van der Waals surface area (Å²) in [5, 5.41) is 29.2. The number of hydrogen-bond acceptors (Lipinski definition) is 17. The number of carbonyl (C=O) groups excluding carboxylic acids is 6. The van der Waals surface area contributed by atoms with E-state index in [0.717, 1.165) is 104 Å². The second-order valence-corrected chi connectivity index (χ2v) is 29.6. The van der Waals surface area contributed by atoms with E-state index in [1.807, 2.05) is 88.7 Å². The van der Waals surface area contributed by atoms with Gasteiger partial charge >= 0.3 is 0 Å². The summed E-state index contributed by atoms with van der Waals surface area (Å²) in [7, 11) is 0. The number of aryl methyl sites for hydroxylation is 1. The third kappa shape index (κ3) is 19.1. The number of nitrogens with zero attached hydrogens (tertiary/aromatic N) is 9. The smallest absolute Gasteiger partial charge is 0.246 e.